The zero-order chi connectivity index (χ0) is 19.9. The van der Waals surface area contributed by atoms with Gasteiger partial charge < -0.3 is 10.1 Å². The number of carbonyl (C=O) groups is 1. The molecule has 8 heteroatoms. The number of para-hydroxylation sites is 1. The highest BCUT2D eigenvalue weighted by atomic mass is 19.1. The summed E-state index contributed by atoms with van der Waals surface area (Å²) >= 11 is 0. The van der Waals surface area contributed by atoms with Crippen molar-refractivity contribution in [3.63, 3.8) is 0 Å². The van der Waals surface area contributed by atoms with Crippen LogP contribution in [0.5, 0.6) is 0 Å². The number of benzene rings is 2. The van der Waals surface area contributed by atoms with Crippen molar-refractivity contribution in [1.29, 1.82) is 0 Å². The normalized spacial score (nSPS) is 15.8. The first-order valence-electron chi connectivity index (χ1n) is 9.11. The van der Waals surface area contributed by atoms with E-state index in [1.165, 1.54) is 18.2 Å². The fourth-order valence-electron chi connectivity index (χ4n) is 3.32. The first-order valence-corrected chi connectivity index (χ1v) is 9.11. The molecule has 148 valence electrons. The molecule has 1 heterocycles. The predicted molar refractivity (Wildman–Crippen MR) is 101 cm³/mol. The van der Waals surface area contributed by atoms with Crippen LogP contribution < -0.4 is 5.32 Å². The second-order valence-electron chi connectivity index (χ2n) is 6.58. The highest BCUT2D eigenvalue weighted by Gasteiger charge is 2.24. The summed E-state index contributed by atoms with van der Waals surface area (Å²) in [5, 5.41) is 14.0. The van der Waals surface area contributed by atoms with Gasteiger partial charge in [0.25, 0.3) is 5.69 Å². The van der Waals surface area contributed by atoms with Crippen LogP contribution in [0.25, 0.3) is 0 Å². The largest absolute Gasteiger partial charge is 0.379 e. The molecule has 0 bridgehead atoms. The summed E-state index contributed by atoms with van der Waals surface area (Å²) in [6.45, 7) is 2.94. The lowest BCUT2D eigenvalue weighted by Crippen LogP contribution is -2.44. The molecule has 2 aromatic carbocycles. The number of nitrogens with one attached hydrogen (secondary N) is 1. The van der Waals surface area contributed by atoms with E-state index in [9.17, 15) is 19.3 Å². The van der Waals surface area contributed by atoms with Gasteiger partial charge in [0.1, 0.15) is 5.82 Å². The van der Waals surface area contributed by atoms with Crippen LogP contribution in [0.3, 0.4) is 0 Å². The molecule has 0 aliphatic carbocycles. The molecule has 1 saturated heterocycles. The Bertz CT molecular complexity index is 822. The van der Waals surface area contributed by atoms with Crippen molar-refractivity contribution >= 4 is 11.6 Å². The molecule has 0 aromatic heterocycles. The number of hydrogen-bond acceptors (Lipinski definition) is 5. The first-order chi connectivity index (χ1) is 13.5. The van der Waals surface area contributed by atoms with Crippen LogP contribution >= 0.6 is 0 Å². The second-order valence-corrected chi connectivity index (χ2v) is 6.58. The van der Waals surface area contributed by atoms with Crippen molar-refractivity contribution in [2.45, 2.75) is 12.5 Å². The minimum absolute atomic E-state index is 0.0686. The van der Waals surface area contributed by atoms with Gasteiger partial charge in [0, 0.05) is 31.3 Å². The van der Waals surface area contributed by atoms with E-state index in [4.69, 9.17) is 4.74 Å². The van der Waals surface area contributed by atoms with Crippen molar-refractivity contribution in [3.8, 4) is 0 Å². The molecule has 3 rings (SSSR count). The van der Waals surface area contributed by atoms with Crippen LogP contribution in [0.1, 0.15) is 17.2 Å². The molecule has 1 N–H and O–H groups in total. The number of carbonyl (C=O) groups excluding carboxylic acids is 1. The van der Waals surface area contributed by atoms with Crippen molar-refractivity contribution in [2.24, 2.45) is 0 Å². The van der Waals surface area contributed by atoms with Crippen molar-refractivity contribution in [1.82, 2.24) is 10.2 Å². The van der Waals surface area contributed by atoms with Crippen LogP contribution in [0.2, 0.25) is 0 Å². The Balaban J connectivity index is 1.68. The average molecular weight is 387 g/mol. The Morgan fingerprint density at radius 1 is 1.18 bits per heavy atom. The number of amides is 1. The Hall–Kier alpha value is -2.84. The molecule has 7 nitrogen and oxygen atoms in total. The molecule has 0 spiro atoms. The third-order valence-electron chi connectivity index (χ3n) is 4.77. The molecule has 1 atom stereocenters. The highest BCUT2D eigenvalue weighted by Crippen LogP contribution is 2.22. The van der Waals surface area contributed by atoms with Crippen LogP contribution in [-0.4, -0.2) is 48.6 Å². The van der Waals surface area contributed by atoms with Gasteiger partial charge in [-0.15, -0.1) is 0 Å². The summed E-state index contributed by atoms with van der Waals surface area (Å²) in [5.41, 5.74) is 1.20. The number of morpholine rings is 1. The molecule has 2 aromatic rings. The average Bonchev–Trinajstić information content (AvgIpc) is 2.70. The molecule has 1 aliphatic heterocycles. The third kappa shape index (κ3) is 5.11. The first kappa shape index (κ1) is 19.9. The number of ether oxygens (including phenoxy) is 1. The lowest BCUT2D eigenvalue weighted by Gasteiger charge is -2.35. The Morgan fingerprint density at radius 3 is 2.54 bits per heavy atom. The maximum atomic E-state index is 13.3. The Morgan fingerprint density at radius 2 is 1.86 bits per heavy atom. The quantitative estimate of drug-likeness (QED) is 0.583. The van der Waals surface area contributed by atoms with Gasteiger partial charge in [-0.2, -0.15) is 0 Å². The third-order valence-corrected chi connectivity index (χ3v) is 4.77. The van der Waals surface area contributed by atoms with Gasteiger partial charge in [0.15, 0.2) is 0 Å². The van der Waals surface area contributed by atoms with Crippen molar-refractivity contribution in [3.05, 3.63) is 75.6 Å². The number of halogens is 1. The summed E-state index contributed by atoms with van der Waals surface area (Å²) in [4.78, 5) is 25.2. The molecule has 1 amide bonds. The molecule has 0 saturated carbocycles. The zero-order valence-corrected chi connectivity index (χ0v) is 15.3. The van der Waals surface area contributed by atoms with E-state index in [0.717, 1.165) is 5.56 Å². The van der Waals surface area contributed by atoms with Crippen LogP contribution in [0, 0.1) is 15.9 Å². The number of nitrogens with zero attached hydrogens (tertiary/aromatic N) is 2. The summed E-state index contributed by atoms with van der Waals surface area (Å²) in [7, 11) is 0. The van der Waals surface area contributed by atoms with Gasteiger partial charge in [-0.05, 0) is 17.7 Å². The highest BCUT2D eigenvalue weighted by molar-refractivity contribution is 5.79. The Labute approximate surface area is 162 Å². The van der Waals surface area contributed by atoms with E-state index >= 15 is 0 Å². The van der Waals surface area contributed by atoms with Crippen molar-refractivity contribution in [2.75, 3.05) is 32.8 Å². The van der Waals surface area contributed by atoms with Gasteiger partial charge in [-0.3, -0.25) is 19.8 Å². The zero-order valence-electron chi connectivity index (χ0n) is 15.3. The standard InChI is InChI=1S/C20H22FN3O4/c21-17-7-5-15(6-8-17)19(23-9-11-28-12-10-23)14-22-20(25)13-16-3-1-2-4-18(16)24(26)27/h1-8,19H,9-14H2,(H,22,25)/t19-/m1/s1. The van der Waals surface area contributed by atoms with Crippen LogP contribution in [0.15, 0.2) is 48.5 Å². The molecular weight excluding hydrogens is 365 g/mol. The van der Waals surface area contributed by atoms with Gasteiger partial charge in [0.2, 0.25) is 5.91 Å². The number of rotatable bonds is 7. The fraction of sp³-hybridized carbons (Fsp3) is 0.350. The maximum absolute atomic E-state index is 13.3. The van der Waals surface area contributed by atoms with E-state index in [-0.39, 0.29) is 29.9 Å². The monoisotopic (exact) mass is 387 g/mol. The fourth-order valence-corrected chi connectivity index (χ4v) is 3.32. The van der Waals surface area contributed by atoms with Gasteiger partial charge in [0.05, 0.1) is 30.6 Å². The smallest absolute Gasteiger partial charge is 0.273 e. The maximum Gasteiger partial charge on any atom is 0.273 e. The molecule has 0 unspecified atom stereocenters. The molecular formula is C20H22FN3O4. The minimum atomic E-state index is -0.488. The van der Waals surface area contributed by atoms with Crippen LogP contribution in [-0.2, 0) is 16.0 Å². The van der Waals surface area contributed by atoms with E-state index < -0.39 is 4.92 Å². The summed E-state index contributed by atoms with van der Waals surface area (Å²) < 4.78 is 18.7. The minimum Gasteiger partial charge on any atom is -0.379 e. The number of nitro groups is 1. The molecule has 1 fully saturated rings. The van der Waals surface area contributed by atoms with Gasteiger partial charge in [-0.25, -0.2) is 4.39 Å². The molecule has 1 aliphatic rings. The summed E-state index contributed by atoms with van der Waals surface area (Å²) in [5.74, 6) is -0.612. The van der Waals surface area contributed by atoms with E-state index in [1.807, 2.05) is 0 Å². The second kappa shape index (κ2) is 9.38. The van der Waals surface area contributed by atoms with Crippen molar-refractivity contribution < 1.29 is 18.8 Å². The predicted octanol–water partition coefficient (Wildman–Crippen LogP) is 2.47. The lowest BCUT2D eigenvalue weighted by atomic mass is 10.0. The van der Waals surface area contributed by atoms with Gasteiger partial charge in [-0.1, -0.05) is 30.3 Å². The Kier molecular flexibility index (Phi) is 6.67. The number of nitro benzene ring substituents is 1. The topological polar surface area (TPSA) is 84.7 Å². The van der Waals surface area contributed by atoms with E-state index in [2.05, 4.69) is 10.2 Å². The van der Waals surface area contributed by atoms with Gasteiger partial charge >= 0.3 is 0 Å². The lowest BCUT2D eigenvalue weighted by molar-refractivity contribution is -0.385. The SMILES string of the molecule is O=C(Cc1ccccc1[N+](=O)[O-])NC[C@H](c1ccc(F)cc1)N1CCOCC1. The van der Waals surface area contributed by atoms with Crippen LogP contribution in [0.4, 0.5) is 10.1 Å². The van der Waals surface area contributed by atoms with E-state index in [1.54, 1.807) is 30.3 Å². The molecule has 0 radical (unpaired) electrons. The molecule has 28 heavy (non-hydrogen) atoms. The number of hydrogen-bond donors (Lipinski definition) is 1. The summed E-state index contributed by atoms with van der Waals surface area (Å²) in [6.07, 6.45) is -0.0730. The van der Waals surface area contributed by atoms with E-state index in [0.29, 0.717) is 38.4 Å². The summed E-state index contributed by atoms with van der Waals surface area (Å²) in [6, 6.07) is 12.3.